The third-order valence-electron chi connectivity index (χ3n) is 1.97. The van der Waals surface area contributed by atoms with E-state index in [4.69, 9.17) is 5.11 Å². The largest absolute Gasteiger partial charge is 0.506 e. The second-order valence-corrected chi connectivity index (χ2v) is 3.94. The molecular formula is C10H6BrNO3. The van der Waals surface area contributed by atoms with Gasteiger partial charge in [0.05, 0.1) is 5.56 Å². The molecular weight excluding hydrogens is 262 g/mol. The molecule has 0 aliphatic heterocycles. The molecule has 0 unspecified atom stereocenters. The fraction of sp³-hybridized carbons (Fsp3) is 0. The number of aromatic hydroxyl groups is 1. The number of carboxylic acid groups (broad SMARTS) is 1. The van der Waals surface area contributed by atoms with Gasteiger partial charge in [0.1, 0.15) is 11.3 Å². The summed E-state index contributed by atoms with van der Waals surface area (Å²) in [6, 6.07) is 4.68. The molecule has 0 spiro atoms. The zero-order valence-electron chi connectivity index (χ0n) is 7.44. The van der Waals surface area contributed by atoms with E-state index in [9.17, 15) is 9.90 Å². The molecule has 76 valence electrons. The van der Waals surface area contributed by atoms with E-state index in [-0.39, 0.29) is 11.3 Å². The molecule has 0 fully saturated rings. The zero-order valence-corrected chi connectivity index (χ0v) is 9.02. The molecule has 1 heterocycles. The second kappa shape index (κ2) is 3.51. The summed E-state index contributed by atoms with van der Waals surface area (Å²) < 4.78 is 0.678. The molecule has 1 aromatic carbocycles. The SMILES string of the molecule is O=C(O)c1cnc2c(O)cc(Br)cc2c1. The highest BCUT2D eigenvalue weighted by Crippen LogP contribution is 2.27. The summed E-state index contributed by atoms with van der Waals surface area (Å²) in [6.07, 6.45) is 1.22. The Hall–Kier alpha value is -1.62. The summed E-state index contributed by atoms with van der Waals surface area (Å²) in [7, 11) is 0. The molecule has 2 aromatic rings. The maximum Gasteiger partial charge on any atom is 0.337 e. The number of hydrogen-bond donors (Lipinski definition) is 2. The van der Waals surface area contributed by atoms with Crippen molar-refractivity contribution in [3.8, 4) is 5.75 Å². The summed E-state index contributed by atoms with van der Waals surface area (Å²) in [5.74, 6) is -1.01. The molecule has 0 radical (unpaired) electrons. The van der Waals surface area contributed by atoms with Crippen molar-refractivity contribution in [3.05, 3.63) is 34.4 Å². The van der Waals surface area contributed by atoms with Crippen molar-refractivity contribution in [2.24, 2.45) is 0 Å². The van der Waals surface area contributed by atoms with Gasteiger partial charge in [-0.25, -0.2) is 4.79 Å². The van der Waals surface area contributed by atoms with E-state index in [1.807, 2.05) is 0 Å². The van der Waals surface area contributed by atoms with Crippen LogP contribution >= 0.6 is 15.9 Å². The predicted molar refractivity (Wildman–Crippen MR) is 58.1 cm³/mol. The number of aromatic nitrogens is 1. The lowest BCUT2D eigenvalue weighted by molar-refractivity contribution is 0.0696. The van der Waals surface area contributed by atoms with Crippen molar-refractivity contribution < 1.29 is 15.0 Å². The van der Waals surface area contributed by atoms with E-state index in [0.717, 1.165) is 0 Å². The quantitative estimate of drug-likeness (QED) is 0.833. The minimum atomic E-state index is -1.04. The minimum absolute atomic E-state index is 0.0244. The van der Waals surface area contributed by atoms with Crippen LogP contribution in [-0.2, 0) is 0 Å². The van der Waals surface area contributed by atoms with Gasteiger partial charge < -0.3 is 10.2 Å². The Morgan fingerprint density at radius 3 is 2.73 bits per heavy atom. The number of phenolic OH excluding ortho intramolecular Hbond substituents is 1. The fourth-order valence-electron chi connectivity index (χ4n) is 1.31. The van der Waals surface area contributed by atoms with Gasteiger partial charge in [-0.05, 0) is 18.2 Å². The number of pyridine rings is 1. The molecule has 15 heavy (non-hydrogen) atoms. The normalized spacial score (nSPS) is 10.5. The maximum absolute atomic E-state index is 10.7. The minimum Gasteiger partial charge on any atom is -0.506 e. The van der Waals surface area contributed by atoms with Crippen molar-refractivity contribution >= 4 is 32.8 Å². The number of benzene rings is 1. The van der Waals surface area contributed by atoms with Crippen LogP contribution in [-0.4, -0.2) is 21.2 Å². The molecule has 2 rings (SSSR count). The number of phenols is 1. The number of nitrogens with zero attached hydrogens (tertiary/aromatic N) is 1. The Morgan fingerprint density at radius 2 is 2.07 bits per heavy atom. The molecule has 0 atom stereocenters. The number of halogens is 1. The van der Waals surface area contributed by atoms with Gasteiger partial charge in [-0.15, -0.1) is 0 Å². The Kier molecular flexibility index (Phi) is 2.32. The van der Waals surface area contributed by atoms with E-state index in [1.54, 1.807) is 6.07 Å². The fourth-order valence-corrected chi connectivity index (χ4v) is 1.78. The van der Waals surface area contributed by atoms with Crippen LogP contribution in [0.1, 0.15) is 10.4 Å². The first kappa shape index (κ1) is 9.92. The molecule has 4 nitrogen and oxygen atoms in total. The van der Waals surface area contributed by atoms with Crippen LogP contribution in [0.15, 0.2) is 28.9 Å². The van der Waals surface area contributed by atoms with Crippen molar-refractivity contribution in [1.82, 2.24) is 4.98 Å². The Balaban J connectivity index is 2.76. The van der Waals surface area contributed by atoms with Crippen LogP contribution in [0.2, 0.25) is 0 Å². The van der Waals surface area contributed by atoms with Crippen LogP contribution in [0.5, 0.6) is 5.75 Å². The third kappa shape index (κ3) is 1.78. The van der Waals surface area contributed by atoms with Gasteiger partial charge in [-0.1, -0.05) is 15.9 Å². The Morgan fingerprint density at radius 1 is 1.33 bits per heavy atom. The van der Waals surface area contributed by atoms with Gasteiger partial charge in [0, 0.05) is 16.1 Å². The summed E-state index contributed by atoms with van der Waals surface area (Å²) in [5, 5.41) is 18.9. The maximum atomic E-state index is 10.7. The first-order valence-corrected chi connectivity index (χ1v) is 4.89. The van der Waals surface area contributed by atoms with Crippen molar-refractivity contribution in [3.63, 3.8) is 0 Å². The molecule has 0 aliphatic rings. The molecule has 5 heteroatoms. The van der Waals surface area contributed by atoms with E-state index in [2.05, 4.69) is 20.9 Å². The monoisotopic (exact) mass is 267 g/mol. The number of fused-ring (bicyclic) bond motifs is 1. The van der Waals surface area contributed by atoms with Gasteiger partial charge >= 0.3 is 5.97 Å². The van der Waals surface area contributed by atoms with E-state index in [0.29, 0.717) is 15.4 Å². The topological polar surface area (TPSA) is 70.4 Å². The van der Waals surface area contributed by atoms with Gasteiger partial charge in [0.15, 0.2) is 0 Å². The number of rotatable bonds is 1. The number of carboxylic acids is 1. The lowest BCUT2D eigenvalue weighted by atomic mass is 10.1. The average molecular weight is 268 g/mol. The number of hydrogen-bond acceptors (Lipinski definition) is 3. The van der Waals surface area contributed by atoms with Crippen LogP contribution in [0.3, 0.4) is 0 Å². The highest BCUT2D eigenvalue weighted by Gasteiger charge is 2.08. The van der Waals surface area contributed by atoms with Gasteiger partial charge in [-0.2, -0.15) is 0 Å². The summed E-state index contributed by atoms with van der Waals surface area (Å²) in [4.78, 5) is 14.6. The van der Waals surface area contributed by atoms with Crippen LogP contribution in [0.4, 0.5) is 0 Å². The van der Waals surface area contributed by atoms with Crippen LogP contribution < -0.4 is 0 Å². The molecule has 0 aliphatic carbocycles. The number of carbonyl (C=O) groups is 1. The molecule has 0 amide bonds. The molecule has 0 saturated heterocycles. The van der Waals surface area contributed by atoms with Crippen molar-refractivity contribution in [1.29, 1.82) is 0 Å². The van der Waals surface area contributed by atoms with E-state index < -0.39 is 5.97 Å². The van der Waals surface area contributed by atoms with Crippen molar-refractivity contribution in [2.75, 3.05) is 0 Å². The highest BCUT2D eigenvalue weighted by molar-refractivity contribution is 9.10. The molecule has 0 bridgehead atoms. The second-order valence-electron chi connectivity index (χ2n) is 3.03. The average Bonchev–Trinajstić information content (AvgIpc) is 2.16. The van der Waals surface area contributed by atoms with Crippen LogP contribution in [0, 0.1) is 0 Å². The Bertz CT molecular complexity index is 554. The first-order valence-electron chi connectivity index (χ1n) is 4.09. The number of aromatic carboxylic acids is 1. The Labute approximate surface area is 93.3 Å². The lowest BCUT2D eigenvalue weighted by Gasteiger charge is -2.02. The van der Waals surface area contributed by atoms with E-state index >= 15 is 0 Å². The summed E-state index contributed by atoms with van der Waals surface area (Å²) >= 11 is 3.21. The standard InChI is InChI=1S/C10H6BrNO3/c11-7-2-5-1-6(10(14)15)4-12-9(5)8(13)3-7/h1-4,13H,(H,14,15). The van der Waals surface area contributed by atoms with Gasteiger partial charge in [0.2, 0.25) is 0 Å². The highest BCUT2D eigenvalue weighted by atomic mass is 79.9. The van der Waals surface area contributed by atoms with Crippen molar-refractivity contribution in [2.45, 2.75) is 0 Å². The van der Waals surface area contributed by atoms with Gasteiger partial charge in [-0.3, -0.25) is 4.98 Å². The lowest BCUT2D eigenvalue weighted by Crippen LogP contribution is -1.96. The summed E-state index contributed by atoms with van der Waals surface area (Å²) in [6.45, 7) is 0. The molecule has 0 saturated carbocycles. The molecule has 2 N–H and O–H groups in total. The first-order chi connectivity index (χ1) is 7.08. The van der Waals surface area contributed by atoms with Crippen LogP contribution in [0.25, 0.3) is 10.9 Å². The zero-order chi connectivity index (χ0) is 11.0. The van der Waals surface area contributed by atoms with E-state index in [1.165, 1.54) is 18.3 Å². The third-order valence-corrected chi connectivity index (χ3v) is 2.43. The molecule has 1 aromatic heterocycles. The summed E-state index contributed by atoms with van der Waals surface area (Å²) in [5.41, 5.74) is 0.489. The predicted octanol–water partition coefficient (Wildman–Crippen LogP) is 2.40. The smallest absolute Gasteiger partial charge is 0.337 e. The van der Waals surface area contributed by atoms with Gasteiger partial charge in [0.25, 0.3) is 0 Å².